The molecule has 1 saturated heterocycles. The largest absolute Gasteiger partial charge is 0.508 e. The number of piperazine rings is 1. The first-order valence-electron chi connectivity index (χ1n) is 9.99. The SMILES string of the molecule is O=C(Nc1ccc(F)cc1)[C@H](c1ccccc1)N1CCN(c2ccc(O)cc2)CC1. The Morgan fingerprint density at radius 3 is 2.13 bits per heavy atom. The van der Waals surface area contributed by atoms with Crippen LogP contribution in [0.25, 0.3) is 0 Å². The number of nitrogens with zero attached hydrogens (tertiary/aromatic N) is 2. The van der Waals surface area contributed by atoms with Crippen LogP contribution in [0.2, 0.25) is 0 Å². The van der Waals surface area contributed by atoms with Crippen LogP contribution in [-0.2, 0) is 4.79 Å². The fourth-order valence-corrected chi connectivity index (χ4v) is 3.81. The molecule has 154 valence electrons. The van der Waals surface area contributed by atoms with E-state index in [-0.39, 0.29) is 17.5 Å². The minimum atomic E-state index is -0.432. The van der Waals surface area contributed by atoms with Gasteiger partial charge in [-0.25, -0.2) is 4.39 Å². The molecule has 1 aliphatic rings. The van der Waals surface area contributed by atoms with E-state index in [1.165, 1.54) is 12.1 Å². The Morgan fingerprint density at radius 1 is 0.867 bits per heavy atom. The summed E-state index contributed by atoms with van der Waals surface area (Å²) in [7, 11) is 0. The highest BCUT2D eigenvalue weighted by Gasteiger charge is 2.30. The molecule has 1 amide bonds. The lowest BCUT2D eigenvalue weighted by Gasteiger charge is -2.39. The smallest absolute Gasteiger partial charge is 0.246 e. The van der Waals surface area contributed by atoms with E-state index in [0.29, 0.717) is 5.69 Å². The zero-order valence-electron chi connectivity index (χ0n) is 16.5. The Morgan fingerprint density at radius 2 is 1.50 bits per heavy atom. The lowest BCUT2D eigenvalue weighted by atomic mass is 10.0. The van der Waals surface area contributed by atoms with Crippen LogP contribution in [-0.4, -0.2) is 42.1 Å². The van der Waals surface area contributed by atoms with Gasteiger partial charge in [-0.05, 0) is 54.1 Å². The molecule has 6 heteroatoms. The second kappa shape index (κ2) is 8.97. The van der Waals surface area contributed by atoms with Crippen LogP contribution in [0.3, 0.4) is 0 Å². The zero-order chi connectivity index (χ0) is 20.9. The van der Waals surface area contributed by atoms with Gasteiger partial charge in [0.1, 0.15) is 17.6 Å². The van der Waals surface area contributed by atoms with E-state index in [1.807, 2.05) is 42.5 Å². The number of nitrogens with one attached hydrogen (secondary N) is 1. The average Bonchev–Trinajstić information content (AvgIpc) is 2.77. The lowest BCUT2D eigenvalue weighted by Crippen LogP contribution is -2.50. The second-order valence-corrected chi connectivity index (χ2v) is 7.35. The van der Waals surface area contributed by atoms with Crippen LogP contribution < -0.4 is 10.2 Å². The van der Waals surface area contributed by atoms with Crippen molar-refractivity contribution in [1.29, 1.82) is 0 Å². The molecule has 30 heavy (non-hydrogen) atoms. The Hall–Kier alpha value is -3.38. The number of hydrogen-bond donors (Lipinski definition) is 2. The average molecular weight is 405 g/mol. The second-order valence-electron chi connectivity index (χ2n) is 7.35. The Balaban J connectivity index is 1.50. The summed E-state index contributed by atoms with van der Waals surface area (Å²) in [5, 5.41) is 12.4. The van der Waals surface area contributed by atoms with Crippen molar-refractivity contribution >= 4 is 17.3 Å². The van der Waals surface area contributed by atoms with Crippen molar-refractivity contribution in [2.24, 2.45) is 0 Å². The van der Waals surface area contributed by atoms with Crippen molar-refractivity contribution in [2.75, 3.05) is 36.4 Å². The fourth-order valence-electron chi connectivity index (χ4n) is 3.81. The van der Waals surface area contributed by atoms with Gasteiger partial charge in [-0.3, -0.25) is 9.69 Å². The first-order chi connectivity index (χ1) is 14.6. The molecule has 0 aromatic heterocycles. The van der Waals surface area contributed by atoms with Gasteiger partial charge in [0.05, 0.1) is 0 Å². The highest BCUT2D eigenvalue weighted by Crippen LogP contribution is 2.26. The minimum absolute atomic E-state index is 0.133. The van der Waals surface area contributed by atoms with Crippen LogP contribution >= 0.6 is 0 Å². The highest BCUT2D eigenvalue weighted by atomic mass is 19.1. The number of phenolic OH excluding ortho intramolecular Hbond substituents is 1. The molecule has 0 unspecified atom stereocenters. The standard InChI is InChI=1S/C24H24FN3O2/c25-19-6-8-20(9-7-19)26-24(30)23(18-4-2-1-3-5-18)28-16-14-27(15-17-28)21-10-12-22(29)13-11-21/h1-13,23,29H,14-17H2,(H,26,30)/t23-/m0/s1. The number of rotatable bonds is 5. The molecule has 1 aliphatic heterocycles. The van der Waals surface area contributed by atoms with E-state index < -0.39 is 6.04 Å². The third kappa shape index (κ3) is 4.60. The summed E-state index contributed by atoms with van der Waals surface area (Å²) in [4.78, 5) is 17.6. The van der Waals surface area contributed by atoms with E-state index in [0.717, 1.165) is 37.4 Å². The molecular weight excluding hydrogens is 381 g/mol. The lowest BCUT2D eigenvalue weighted by molar-refractivity contribution is -0.121. The minimum Gasteiger partial charge on any atom is -0.508 e. The van der Waals surface area contributed by atoms with E-state index in [2.05, 4.69) is 15.1 Å². The third-order valence-electron chi connectivity index (χ3n) is 5.37. The molecule has 0 saturated carbocycles. The molecule has 1 fully saturated rings. The van der Waals surface area contributed by atoms with Crippen LogP contribution in [0, 0.1) is 5.82 Å². The van der Waals surface area contributed by atoms with Gasteiger partial charge in [0.2, 0.25) is 5.91 Å². The summed E-state index contributed by atoms with van der Waals surface area (Å²) in [6.07, 6.45) is 0. The van der Waals surface area contributed by atoms with Gasteiger partial charge < -0.3 is 15.3 Å². The number of carbonyl (C=O) groups is 1. The van der Waals surface area contributed by atoms with Gasteiger partial charge in [0, 0.05) is 37.6 Å². The first kappa shape index (κ1) is 19.9. The molecular formula is C24H24FN3O2. The van der Waals surface area contributed by atoms with Gasteiger partial charge in [0.15, 0.2) is 0 Å². The summed E-state index contributed by atoms with van der Waals surface area (Å²) in [6, 6.07) is 22.3. The summed E-state index contributed by atoms with van der Waals surface area (Å²) in [5.74, 6) is -0.220. The Bertz CT molecular complexity index is 970. The molecule has 5 nitrogen and oxygen atoms in total. The van der Waals surface area contributed by atoms with Crippen molar-refractivity contribution < 1.29 is 14.3 Å². The third-order valence-corrected chi connectivity index (χ3v) is 5.37. The topological polar surface area (TPSA) is 55.8 Å². The van der Waals surface area contributed by atoms with E-state index >= 15 is 0 Å². The zero-order valence-corrected chi connectivity index (χ0v) is 16.5. The van der Waals surface area contributed by atoms with Crippen LogP contribution in [0.15, 0.2) is 78.9 Å². The summed E-state index contributed by atoms with van der Waals surface area (Å²) < 4.78 is 13.2. The molecule has 0 aliphatic carbocycles. The monoisotopic (exact) mass is 405 g/mol. The van der Waals surface area contributed by atoms with Crippen molar-refractivity contribution in [1.82, 2.24) is 4.90 Å². The predicted molar refractivity (Wildman–Crippen MR) is 116 cm³/mol. The maximum absolute atomic E-state index is 13.2. The molecule has 1 atom stereocenters. The van der Waals surface area contributed by atoms with Crippen molar-refractivity contribution in [3.8, 4) is 5.75 Å². The molecule has 0 bridgehead atoms. The van der Waals surface area contributed by atoms with Gasteiger partial charge in [-0.1, -0.05) is 30.3 Å². The molecule has 2 N–H and O–H groups in total. The Labute approximate surface area is 175 Å². The van der Waals surface area contributed by atoms with Gasteiger partial charge in [-0.2, -0.15) is 0 Å². The van der Waals surface area contributed by atoms with Gasteiger partial charge in [-0.15, -0.1) is 0 Å². The predicted octanol–water partition coefficient (Wildman–Crippen LogP) is 4.03. The van der Waals surface area contributed by atoms with E-state index in [9.17, 15) is 14.3 Å². The molecule has 0 spiro atoms. The number of hydrogen-bond acceptors (Lipinski definition) is 4. The van der Waals surface area contributed by atoms with Gasteiger partial charge >= 0.3 is 0 Å². The molecule has 3 aromatic rings. The summed E-state index contributed by atoms with van der Waals surface area (Å²) in [5.41, 5.74) is 2.56. The van der Waals surface area contributed by atoms with E-state index in [4.69, 9.17) is 0 Å². The quantitative estimate of drug-likeness (QED) is 0.673. The van der Waals surface area contributed by atoms with Crippen molar-refractivity contribution in [2.45, 2.75) is 6.04 Å². The maximum atomic E-state index is 13.2. The molecule has 1 heterocycles. The molecule has 3 aromatic carbocycles. The van der Waals surface area contributed by atoms with Crippen LogP contribution in [0.4, 0.5) is 15.8 Å². The van der Waals surface area contributed by atoms with Crippen LogP contribution in [0.5, 0.6) is 5.75 Å². The number of phenols is 1. The maximum Gasteiger partial charge on any atom is 0.246 e. The number of benzene rings is 3. The number of carbonyl (C=O) groups excluding carboxylic acids is 1. The normalized spacial score (nSPS) is 15.6. The number of anilines is 2. The number of halogens is 1. The fraction of sp³-hybridized carbons (Fsp3) is 0.208. The number of amides is 1. The van der Waals surface area contributed by atoms with Crippen molar-refractivity contribution in [3.63, 3.8) is 0 Å². The summed E-state index contributed by atoms with van der Waals surface area (Å²) >= 11 is 0. The summed E-state index contributed by atoms with van der Waals surface area (Å²) in [6.45, 7) is 2.99. The molecule has 0 radical (unpaired) electrons. The van der Waals surface area contributed by atoms with Crippen LogP contribution in [0.1, 0.15) is 11.6 Å². The van der Waals surface area contributed by atoms with Crippen molar-refractivity contribution in [3.05, 3.63) is 90.2 Å². The first-order valence-corrected chi connectivity index (χ1v) is 9.99. The highest BCUT2D eigenvalue weighted by molar-refractivity contribution is 5.95. The number of aromatic hydroxyl groups is 1. The Kier molecular flexibility index (Phi) is 5.95. The molecule has 4 rings (SSSR count). The van der Waals surface area contributed by atoms with E-state index in [1.54, 1.807) is 24.3 Å². The van der Waals surface area contributed by atoms with Gasteiger partial charge in [0.25, 0.3) is 0 Å².